The van der Waals surface area contributed by atoms with Crippen LogP contribution in [0.5, 0.6) is 5.75 Å². The van der Waals surface area contributed by atoms with Gasteiger partial charge in [0.05, 0.1) is 0 Å². The Morgan fingerprint density at radius 3 is 2.43 bits per heavy atom. The number of alkyl halides is 3. The Labute approximate surface area is 125 Å². The molecule has 0 aliphatic carbocycles. The number of benzene rings is 1. The number of ether oxygens (including phenoxy) is 1. The summed E-state index contributed by atoms with van der Waals surface area (Å²) in [5.41, 5.74) is 2.79. The zero-order valence-electron chi connectivity index (χ0n) is 11.1. The van der Waals surface area contributed by atoms with Crippen molar-refractivity contribution in [1.29, 1.82) is 0 Å². The van der Waals surface area contributed by atoms with E-state index in [0.29, 0.717) is 0 Å². The van der Waals surface area contributed by atoms with Crippen LogP contribution >= 0.6 is 0 Å². The topological polar surface area (TPSA) is 124 Å². The first-order valence-corrected chi connectivity index (χ1v) is 6.04. The molecule has 0 spiro atoms. The number of nitrogens with two attached hydrogens (primary N) is 1. The molecule has 0 atom stereocenters. The van der Waals surface area contributed by atoms with Crippen LogP contribution in [-0.2, 0) is 0 Å². The second-order valence-electron chi connectivity index (χ2n) is 4.18. The Hall–Kier alpha value is -3.15. The first kappa shape index (κ1) is 14.8. The molecule has 3 aromatic rings. The first-order valence-electron chi connectivity index (χ1n) is 6.04. The highest BCUT2D eigenvalue weighted by Crippen LogP contribution is 2.28. The maximum absolute atomic E-state index is 12.2. The molecule has 3 rings (SSSR count). The third kappa shape index (κ3) is 3.37. The molecule has 2 aromatic heterocycles. The molecule has 120 valence electrons. The van der Waals surface area contributed by atoms with E-state index in [0.717, 1.165) is 12.1 Å². The lowest BCUT2D eigenvalue weighted by Crippen LogP contribution is -2.17. The Balaban J connectivity index is 1.91. The number of hydrogen-bond acceptors (Lipinski definition) is 9. The monoisotopic (exact) mass is 327 g/mol. The summed E-state index contributed by atoms with van der Waals surface area (Å²) in [6.45, 7) is 0. The molecule has 0 radical (unpaired) electrons. The normalized spacial score (nSPS) is 11.5. The Kier molecular flexibility index (Phi) is 3.57. The highest BCUT2D eigenvalue weighted by atomic mass is 19.4. The number of nitrogen functional groups attached to an aromatic ring is 1. The number of fused-ring (bicyclic) bond motifs is 1. The van der Waals surface area contributed by atoms with Gasteiger partial charge in [-0.15, -0.1) is 13.2 Å². The number of halogens is 3. The first-order chi connectivity index (χ1) is 10.9. The van der Waals surface area contributed by atoms with Crippen LogP contribution in [0.2, 0.25) is 0 Å². The van der Waals surface area contributed by atoms with Crippen molar-refractivity contribution in [1.82, 2.24) is 20.3 Å². The van der Waals surface area contributed by atoms with E-state index in [9.17, 15) is 13.2 Å². The van der Waals surface area contributed by atoms with Crippen molar-refractivity contribution in [3.63, 3.8) is 0 Å². The van der Waals surface area contributed by atoms with Gasteiger partial charge in [0.2, 0.25) is 11.3 Å². The van der Waals surface area contributed by atoms with Crippen molar-refractivity contribution in [3.05, 3.63) is 24.3 Å². The van der Waals surface area contributed by atoms with Gasteiger partial charge in [0.15, 0.2) is 11.6 Å². The van der Waals surface area contributed by atoms with E-state index in [-0.39, 0.29) is 34.4 Å². The zero-order valence-corrected chi connectivity index (χ0v) is 11.1. The summed E-state index contributed by atoms with van der Waals surface area (Å²) in [6, 6.07) is 5.19. The third-order valence-corrected chi connectivity index (χ3v) is 2.58. The van der Waals surface area contributed by atoms with Crippen molar-refractivity contribution in [2.24, 2.45) is 5.84 Å². The minimum absolute atomic E-state index is 0.106. The predicted octanol–water partition coefficient (Wildman–Crippen LogP) is 1.94. The van der Waals surface area contributed by atoms with Gasteiger partial charge in [-0.05, 0) is 22.4 Å². The van der Waals surface area contributed by atoms with E-state index in [1.165, 1.54) is 12.1 Å². The lowest BCUT2D eigenvalue weighted by molar-refractivity contribution is -0.274. The standard InChI is InChI=1S/C11H8F3N7O2/c12-11(13,14)22-6-3-1-2-5(4-6)16-7-8(19-15)18-10-9(17-7)20-23-21-10/h1-4H,15H2,(H,16,17,20)(H,18,19,21). The fourth-order valence-electron chi connectivity index (χ4n) is 1.73. The molecule has 9 nitrogen and oxygen atoms in total. The van der Waals surface area contributed by atoms with Crippen LogP contribution in [0.3, 0.4) is 0 Å². The lowest BCUT2D eigenvalue weighted by Gasteiger charge is -2.12. The SMILES string of the molecule is NNc1nc2nonc2nc1Nc1cccc(OC(F)(F)F)c1. The second kappa shape index (κ2) is 5.57. The fourth-order valence-corrected chi connectivity index (χ4v) is 1.73. The molecule has 0 aliphatic heterocycles. The van der Waals surface area contributed by atoms with Crippen molar-refractivity contribution >= 4 is 28.6 Å². The van der Waals surface area contributed by atoms with E-state index >= 15 is 0 Å². The van der Waals surface area contributed by atoms with Gasteiger partial charge in [0, 0.05) is 11.8 Å². The number of anilines is 3. The molecule has 0 saturated carbocycles. The Morgan fingerprint density at radius 2 is 1.78 bits per heavy atom. The molecule has 23 heavy (non-hydrogen) atoms. The minimum Gasteiger partial charge on any atom is -0.406 e. The summed E-state index contributed by atoms with van der Waals surface area (Å²) in [7, 11) is 0. The summed E-state index contributed by atoms with van der Waals surface area (Å²) in [6.07, 6.45) is -4.78. The number of nitrogens with zero attached hydrogens (tertiary/aromatic N) is 4. The maximum atomic E-state index is 12.2. The van der Waals surface area contributed by atoms with Crippen LogP contribution in [0.25, 0.3) is 11.3 Å². The molecule has 1 aromatic carbocycles. The maximum Gasteiger partial charge on any atom is 0.573 e. The van der Waals surface area contributed by atoms with E-state index in [4.69, 9.17) is 5.84 Å². The number of hydrazine groups is 1. The summed E-state index contributed by atoms with van der Waals surface area (Å²) in [5.74, 6) is 5.18. The van der Waals surface area contributed by atoms with Gasteiger partial charge in [-0.3, -0.25) is 0 Å². The smallest absolute Gasteiger partial charge is 0.406 e. The van der Waals surface area contributed by atoms with Gasteiger partial charge in [-0.1, -0.05) is 6.07 Å². The summed E-state index contributed by atoms with van der Waals surface area (Å²) < 4.78 is 45.0. The highest BCUT2D eigenvalue weighted by Gasteiger charge is 2.31. The third-order valence-electron chi connectivity index (χ3n) is 2.58. The van der Waals surface area contributed by atoms with Gasteiger partial charge in [0.25, 0.3) is 0 Å². The molecule has 0 amide bonds. The summed E-state index contributed by atoms with van der Waals surface area (Å²) in [5, 5.41) is 9.78. The van der Waals surface area contributed by atoms with Crippen molar-refractivity contribution in [2.75, 3.05) is 10.7 Å². The quantitative estimate of drug-likeness (QED) is 0.487. The van der Waals surface area contributed by atoms with Crippen LogP contribution < -0.4 is 21.3 Å². The second-order valence-corrected chi connectivity index (χ2v) is 4.18. The number of nitrogens with one attached hydrogen (secondary N) is 2. The van der Waals surface area contributed by atoms with Crippen LogP contribution in [-0.4, -0.2) is 26.6 Å². The number of hydrogen-bond donors (Lipinski definition) is 3. The Morgan fingerprint density at radius 1 is 1.09 bits per heavy atom. The van der Waals surface area contributed by atoms with Crippen LogP contribution in [0.1, 0.15) is 0 Å². The van der Waals surface area contributed by atoms with E-state index in [1.807, 2.05) is 0 Å². The Bertz CT molecular complexity index is 836. The molecule has 0 fully saturated rings. The van der Waals surface area contributed by atoms with Crippen LogP contribution in [0, 0.1) is 0 Å². The molecule has 0 saturated heterocycles. The van der Waals surface area contributed by atoms with E-state index in [2.05, 4.69) is 40.4 Å². The summed E-state index contributed by atoms with van der Waals surface area (Å²) >= 11 is 0. The molecule has 2 heterocycles. The average Bonchev–Trinajstić information content (AvgIpc) is 2.92. The number of rotatable bonds is 4. The summed E-state index contributed by atoms with van der Waals surface area (Å²) in [4.78, 5) is 8.05. The number of aromatic nitrogens is 4. The molecule has 0 aliphatic rings. The van der Waals surface area contributed by atoms with Crippen LogP contribution in [0.15, 0.2) is 28.9 Å². The molecule has 4 N–H and O–H groups in total. The molecule has 12 heteroatoms. The predicted molar refractivity (Wildman–Crippen MR) is 71.6 cm³/mol. The van der Waals surface area contributed by atoms with Crippen molar-refractivity contribution in [3.8, 4) is 5.75 Å². The van der Waals surface area contributed by atoms with Crippen molar-refractivity contribution in [2.45, 2.75) is 6.36 Å². The lowest BCUT2D eigenvalue weighted by atomic mass is 10.3. The average molecular weight is 327 g/mol. The van der Waals surface area contributed by atoms with Crippen molar-refractivity contribution < 1.29 is 22.5 Å². The van der Waals surface area contributed by atoms with Crippen LogP contribution in [0.4, 0.5) is 30.5 Å². The molecular weight excluding hydrogens is 319 g/mol. The largest absolute Gasteiger partial charge is 0.573 e. The molecular formula is C11H8F3N7O2. The minimum atomic E-state index is -4.78. The zero-order chi connectivity index (χ0) is 16.4. The highest BCUT2D eigenvalue weighted by molar-refractivity contribution is 5.76. The molecule has 0 unspecified atom stereocenters. The van der Waals surface area contributed by atoms with Gasteiger partial charge < -0.3 is 15.5 Å². The van der Waals surface area contributed by atoms with E-state index < -0.39 is 6.36 Å². The fraction of sp³-hybridized carbons (Fsp3) is 0.0909. The van der Waals surface area contributed by atoms with Gasteiger partial charge in [-0.2, -0.15) is 4.98 Å². The van der Waals surface area contributed by atoms with Gasteiger partial charge in [-0.25, -0.2) is 15.5 Å². The van der Waals surface area contributed by atoms with Gasteiger partial charge in [0.1, 0.15) is 5.75 Å². The van der Waals surface area contributed by atoms with E-state index in [1.54, 1.807) is 0 Å². The van der Waals surface area contributed by atoms with Gasteiger partial charge >= 0.3 is 6.36 Å². The molecule has 0 bridgehead atoms.